The standard InChI is InChI=1S/C9H9N3O2/c1-2-14-9(13)12-8-6-4-3-5-7(8)10-11-12/h3-6H,2H2,1H3. The average molecular weight is 191 g/mol. The Morgan fingerprint density at radius 2 is 2.29 bits per heavy atom. The summed E-state index contributed by atoms with van der Waals surface area (Å²) in [6, 6.07) is 7.22. The van der Waals surface area contributed by atoms with Crippen LogP contribution < -0.4 is 0 Å². The molecule has 0 unspecified atom stereocenters. The molecular formula is C9H9N3O2. The SMILES string of the molecule is CCOC(=O)n1nnc2ccccc21. The van der Waals surface area contributed by atoms with Crippen molar-refractivity contribution in [2.45, 2.75) is 6.92 Å². The van der Waals surface area contributed by atoms with Crippen LogP contribution in [0.25, 0.3) is 11.0 Å². The lowest BCUT2D eigenvalue weighted by Crippen LogP contribution is -2.14. The monoisotopic (exact) mass is 191 g/mol. The molecule has 0 aliphatic carbocycles. The number of ether oxygens (including phenoxy) is 1. The van der Waals surface area contributed by atoms with Gasteiger partial charge in [0.2, 0.25) is 0 Å². The Kier molecular flexibility index (Phi) is 2.14. The van der Waals surface area contributed by atoms with E-state index in [4.69, 9.17) is 4.74 Å². The zero-order chi connectivity index (χ0) is 9.97. The molecule has 72 valence electrons. The number of carbonyl (C=O) groups is 1. The third kappa shape index (κ3) is 1.32. The molecule has 0 amide bonds. The van der Waals surface area contributed by atoms with Crippen LogP contribution in [-0.2, 0) is 4.74 Å². The zero-order valence-electron chi connectivity index (χ0n) is 7.67. The summed E-state index contributed by atoms with van der Waals surface area (Å²) in [6.45, 7) is 2.07. The topological polar surface area (TPSA) is 57.0 Å². The van der Waals surface area contributed by atoms with Crippen LogP contribution in [0.1, 0.15) is 6.92 Å². The van der Waals surface area contributed by atoms with Gasteiger partial charge in [0.15, 0.2) is 0 Å². The molecule has 0 radical (unpaired) electrons. The molecule has 0 fully saturated rings. The van der Waals surface area contributed by atoms with Gasteiger partial charge in [0.05, 0.1) is 6.61 Å². The van der Waals surface area contributed by atoms with Gasteiger partial charge in [-0.05, 0) is 19.1 Å². The second-order valence-corrected chi connectivity index (χ2v) is 2.69. The van der Waals surface area contributed by atoms with Gasteiger partial charge in [-0.2, -0.15) is 0 Å². The second-order valence-electron chi connectivity index (χ2n) is 2.69. The highest BCUT2D eigenvalue weighted by Gasteiger charge is 2.11. The zero-order valence-corrected chi connectivity index (χ0v) is 7.67. The largest absolute Gasteiger partial charge is 0.448 e. The minimum absolute atomic E-state index is 0.326. The van der Waals surface area contributed by atoms with Crippen molar-refractivity contribution < 1.29 is 9.53 Å². The van der Waals surface area contributed by atoms with Crippen LogP contribution in [0.5, 0.6) is 0 Å². The van der Waals surface area contributed by atoms with Gasteiger partial charge in [-0.25, -0.2) is 4.79 Å². The van der Waals surface area contributed by atoms with E-state index >= 15 is 0 Å². The van der Waals surface area contributed by atoms with E-state index < -0.39 is 6.09 Å². The van der Waals surface area contributed by atoms with Gasteiger partial charge >= 0.3 is 6.09 Å². The molecule has 1 aromatic heterocycles. The Bertz CT molecular complexity index is 464. The van der Waals surface area contributed by atoms with Crippen molar-refractivity contribution in [2.24, 2.45) is 0 Å². The van der Waals surface area contributed by atoms with E-state index in [1.165, 1.54) is 0 Å². The minimum atomic E-state index is -0.499. The lowest BCUT2D eigenvalue weighted by Gasteiger charge is -1.99. The van der Waals surface area contributed by atoms with Crippen LogP contribution in [0.2, 0.25) is 0 Å². The van der Waals surface area contributed by atoms with E-state index in [-0.39, 0.29) is 0 Å². The van der Waals surface area contributed by atoms with Crippen LogP contribution >= 0.6 is 0 Å². The van der Waals surface area contributed by atoms with Crippen molar-refractivity contribution in [1.82, 2.24) is 15.0 Å². The van der Waals surface area contributed by atoms with Gasteiger partial charge in [0, 0.05) is 0 Å². The Morgan fingerprint density at radius 3 is 3.07 bits per heavy atom. The number of rotatable bonds is 1. The van der Waals surface area contributed by atoms with Gasteiger partial charge < -0.3 is 4.74 Å². The number of benzene rings is 1. The molecule has 2 aromatic rings. The molecule has 0 bridgehead atoms. The number of aromatic nitrogens is 3. The summed E-state index contributed by atoms with van der Waals surface area (Å²) in [6.07, 6.45) is -0.499. The van der Waals surface area contributed by atoms with Gasteiger partial charge in [-0.1, -0.05) is 17.3 Å². The number of nitrogens with zero attached hydrogens (tertiary/aromatic N) is 3. The van der Waals surface area contributed by atoms with E-state index in [2.05, 4.69) is 10.3 Å². The first-order valence-electron chi connectivity index (χ1n) is 4.30. The molecule has 1 aromatic carbocycles. The third-order valence-electron chi connectivity index (χ3n) is 1.79. The number of fused-ring (bicyclic) bond motifs is 1. The molecule has 0 aliphatic heterocycles. The summed E-state index contributed by atoms with van der Waals surface area (Å²) in [5, 5.41) is 7.54. The van der Waals surface area contributed by atoms with Crippen molar-refractivity contribution in [2.75, 3.05) is 6.61 Å². The van der Waals surface area contributed by atoms with Crippen LogP contribution in [0.3, 0.4) is 0 Å². The molecule has 5 heteroatoms. The van der Waals surface area contributed by atoms with Gasteiger partial charge in [0.25, 0.3) is 0 Å². The minimum Gasteiger partial charge on any atom is -0.448 e. The molecule has 0 saturated carbocycles. The molecule has 0 spiro atoms. The molecule has 1 heterocycles. The fourth-order valence-corrected chi connectivity index (χ4v) is 1.19. The molecule has 0 atom stereocenters. The summed E-state index contributed by atoms with van der Waals surface area (Å²) in [4.78, 5) is 11.4. The first-order chi connectivity index (χ1) is 6.83. The summed E-state index contributed by atoms with van der Waals surface area (Å²) >= 11 is 0. The molecule has 2 rings (SSSR count). The highest BCUT2D eigenvalue weighted by atomic mass is 16.6. The summed E-state index contributed by atoms with van der Waals surface area (Å²) in [5.41, 5.74) is 1.34. The average Bonchev–Trinajstić information content (AvgIpc) is 2.61. The van der Waals surface area contributed by atoms with Crippen molar-refractivity contribution in [1.29, 1.82) is 0 Å². The summed E-state index contributed by atoms with van der Waals surface area (Å²) in [7, 11) is 0. The van der Waals surface area contributed by atoms with E-state index in [9.17, 15) is 4.79 Å². The molecular weight excluding hydrogens is 182 g/mol. The van der Waals surface area contributed by atoms with Crippen molar-refractivity contribution >= 4 is 17.1 Å². The van der Waals surface area contributed by atoms with E-state index in [0.717, 1.165) is 4.68 Å². The van der Waals surface area contributed by atoms with Crippen LogP contribution in [0.4, 0.5) is 4.79 Å². The Morgan fingerprint density at radius 1 is 1.50 bits per heavy atom. The molecule has 0 aliphatic rings. The molecule has 14 heavy (non-hydrogen) atoms. The van der Waals surface area contributed by atoms with Gasteiger partial charge in [0.1, 0.15) is 11.0 Å². The maximum Gasteiger partial charge on any atom is 0.436 e. The quantitative estimate of drug-likeness (QED) is 0.684. The molecule has 0 N–H and O–H groups in total. The Balaban J connectivity index is 2.47. The van der Waals surface area contributed by atoms with Crippen molar-refractivity contribution in [3.8, 4) is 0 Å². The normalized spacial score (nSPS) is 10.4. The van der Waals surface area contributed by atoms with Crippen molar-refractivity contribution in [3.05, 3.63) is 24.3 Å². The first-order valence-corrected chi connectivity index (χ1v) is 4.30. The smallest absolute Gasteiger partial charge is 0.436 e. The maximum atomic E-state index is 11.4. The predicted molar refractivity (Wildman–Crippen MR) is 49.9 cm³/mol. The highest BCUT2D eigenvalue weighted by molar-refractivity contribution is 5.84. The third-order valence-corrected chi connectivity index (χ3v) is 1.79. The lowest BCUT2D eigenvalue weighted by atomic mass is 10.3. The van der Waals surface area contributed by atoms with Crippen LogP contribution in [0.15, 0.2) is 24.3 Å². The van der Waals surface area contributed by atoms with E-state index in [1.807, 2.05) is 12.1 Å². The van der Waals surface area contributed by atoms with Crippen LogP contribution in [-0.4, -0.2) is 27.7 Å². The number of hydrogen-bond acceptors (Lipinski definition) is 4. The van der Waals surface area contributed by atoms with Gasteiger partial charge in [-0.15, -0.1) is 9.78 Å². The predicted octanol–water partition coefficient (Wildman–Crippen LogP) is 1.44. The van der Waals surface area contributed by atoms with E-state index in [0.29, 0.717) is 17.6 Å². The van der Waals surface area contributed by atoms with Crippen molar-refractivity contribution in [3.63, 3.8) is 0 Å². The highest BCUT2D eigenvalue weighted by Crippen LogP contribution is 2.09. The maximum absolute atomic E-state index is 11.4. The Labute approximate surface area is 80.3 Å². The number of hydrogen-bond donors (Lipinski definition) is 0. The first kappa shape index (κ1) is 8.68. The Hall–Kier alpha value is -1.91. The molecule has 5 nitrogen and oxygen atoms in total. The van der Waals surface area contributed by atoms with Gasteiger partial charge in [-0.3, -0.25) is 0 Å². The van der Waals surface area contributed by atoms with E-state index in [1.54, 1.807) is 19.1 Å². The summed E-state index contributed by atoms with van der Waals surface area (Å²) in [5.74, 6) is 0. The number of carbonyl (C=O) groups excluding carboxylic acids is 1. The summed E-state index contributed by atoms with van der Waals surface area (Å²) < 4.78 is 5.97. The second kappa shape index (κ2) is 3.45. The number of para-hydroxylation sites is 1. The van der Waals surface area contributed by atoms with Crippen LogP contribution in [0, 0.1) is 0 Å². The fraction of sp³-hybridized carbons (Fsp3) is 0.222. The lowest BCUT2D eigenvalue weighted by molar-refractivity contribution is 0.151. The fourth-order valence-electron chi connectivity index (χ4n) is 1.19. The molecule has 0 saturated heterocycles.